The lowest BCUT2D eigenvalue weighted by Gasteiger charge is -2.15. The summed E-state index contributed by atoms with van der Waals surface area (Å²) in [5.74, 6) is 0. The number of rotatable bonds is 6. The molecule has 0 fully saturated rings. The van der Waals surface area contributed by atoms with E-state index in [2.05, 4.69) is 4.72 Å². The maximum absolute atomic E-state index is 12.0. The van der Waals surface area contributed by atoms with E-state index in [0.717, 1.165) is 6.07 Å². The zero-order chi connectivity index (χ0) is 14.6. The van der Waals surface area contributed by atoms with Gasteiger partial charge in [0.25, 0.3) is 5.69 Å². The zero-order valence-corrected chi connectivity index (χ0v) is 11.4. The number of nitro benzene ring substituents is 1. The van der Waals surface area contributed by atoms with Crippen LogP contribution in [0.4, 0.5) is 5.69 Å². The average molecular weight is 288 g/mol. The lowest BCUT2D eigenvalue weighted by Crippen LogP contribution is -2.34. The second-order valence-corrected chi connectivity index (χ2v) is 6.08. The Morgan fingerprint density at radius 1 is 1.42 bits per heavy atom. The van der Waals surface area contributed by atoms with E-state index in [4.69, 9.17) is 0 Å². The van der Waals surface area contributed by atoms with Crippen molar-refractivity contribution in [3.05, 3.63) is 34.4 Å². The van der Waals surface area contributed by atoms with Crippen molar-refractivity contribution in [3.8, 4) is 0 Å². The maximum atomic E-state index is 12.0. The van der Waals surface area contributed by atoms with Gasteiger partial charge in [-0.25, -0.2) is 13.1 Å². The van der Waals surface area contributed by atoms with Crippen molar-refractivity contribution < 1.29 is 18.4 Å². The molecule has 2 atom stereocenters. The van der Waals surface area contributed by atoms with Gasteiger partial charge in [0.15, 0.2) is 0 Å². The minimum atomic E-state index is -3.83. The molecular weight excluding hydrogens is 272 g/mol. The maximum Gasteiger partial charge on any atom is 0.270 e. The van der Waals surface area contributed by atoms with Crippen LogP contribution in [-0.4, -0.2) is 30.6 Å². The molecule has 0 spiro atoms. The van der Waals surface area contributed by atoms with E-state index in [1.165, 1.54) is 18.2 Å². The lowest BCUT2D eigenvalue weighted by atomic mass is 10.2. The fourth-order valence-corrected chi connectivity index (χ4v) is 2.95. The monoisotopic (exact) mass is 288 g/mol. The standard InChI is InChI=1S/C11H16N2O5S/c1-8(6-9(2)14)12-19(17,18)11-5-3-4-10(7-11)13(15)16/h3-5,7-9,12,14H,6H2,1-2H3. The normalized spacial score (nSPS) is 14.9. The van der Waals surface area contributed by atoms with Crippen LogP contribution < -0.4 is 4.72 Å². The molecule has 2 N–H and O–H groups in total. The number of non-ortho nitro benzene ring substituents is 1. The molecule has 0 bridgehead atoms. The molecule has 106 valence electrons. The lowest BCUT2D eigenvalue weighted by molar-refractivity contribution is -0.385. The van der Waals surface area contributed by atoms with Gasteiger partial charge in [-0.2, -0.15) is 0 Å². The van der Waals surface area contributed by atoms with Gasteiger partial charge in [0.1, 0.15) is 0 Å². The van der Waals surface area contributed by atoms with Crippen LogP contribution in [0.2, 0.25) is 0 Å². The highest BCUT2D eigenvalue weighted by Crippen LogP contribution is 2.17. The summed E-state index contributed by atoms with van der Waals surface area (Å²) in [5, 5.41) is 19.8. The number of nitrogens with one attached hydrogen (secondary N) is 1. The topological polar surface area (TPSA) is 110 Å². The van der Waals surface area contributed by atoms with Gasteiger partial charge in [-0.05, 0) is 26.3 Å². The van der Waals surface area contributed by atoms with Gasteiger partial charge in [-0.3, -0.25) is 10.1 Å². The van der Waals surface area contributed by atoms with Crippen LogP contribution >= 0.6 is 0 Å². The summed E-state index contributed by atoms with van der Waals surface area (Å²) in [7, 11) is -3.83. The second-order valence-electron chi connectivity index (χ2n) is 4.36. The molecule has 7 nitrogen and oxygen atoms in total. The van der Waals surface area contributed by atoms with E-state index in [1.54, 1.807) is 13.8 Å². The Morgan fingerprint density at radius 2 is 2.05 bits per heavy atom. The number of nitrogens with zero attached hydrogens (tertiary/aromatic N) is 1. The van der Waals surface area contributed by atoms with Crippen molar-refractivity contribution >= 4 is 15.7 Å². The highest BCUT2D eigenvalue weighted by atomic mass is 32.2. The van der Waals surface area contributed by atoms with Gasteiger partial charge >= 0.3 is 0 Å². The Morgan fingerprint density at radius 3 is 2.58 bits per heavy atom. The first kappa shape index (κ1) is 15.5. The number of hydrogen-bond acceptors (Lipinski definition) is 5. The fourth-order valence-electron chi connectivity index (χ4n) is 1.66. The van der Waals surface area contributed by atoms with Crippen LogP contribution in [0.1, 0.15) is 20.3 Å². The molecule has 0 aliphatic heterocycles. The Hall–Kier alpha value is -1.51. The second kappa shape index (κ2) is 6.09. The quantitative estimate of drug-likeness (QED) is 0.600. The number of sulfonamides is 1. The van der Waals surface area contributed by atoms with Gasteiger partial charge in [0, 0.05) is 18.2 Å². The summed E-state index contributed by atoms with van der Waals surface area (Å²) in [6, 6.07) is 4.34. The van der Waals surface area contributed by atoms with Crippen LogP contribution in [0.25, 0.3) is 0 Å². The van der Waals surface area contributed by atoms with Gasteiger partial charge in [-0.1, -0.05) is 6.07 Å². The molecule has 0 aromatic heterocycles. The van der Waals surface area contributed by atoms with E-state index in [-0.39, 0.29) is 17.0 Å². The molecule has 0 aliphatic carbocycles. The van der Waals surface area contributed by atoms with Crippen molar-refractivity contribution in [2.24, 2.45) is 0 Å². The Bertz CT molecular complexity index is 556. The molecular formula is C11H16N2O5S. The molecule has 0 amide bonds. The van der Waals surface area contributed by atoms with Gasteiger partial charge < -0.3 is 5.11 Å². The highest BCUT2D eigenvalue weighted by molar-refractivity contribution is 7.89. The third kappa shape index (κ3) is 4.58. The summed E-state index contributed by atoms with van der Waals surface area (Å²) in [4.78, 5) is 9.78. The van der Waals surface area contributed by atoms with Crippen LogP contribution in [0.3, 0.4) is 0 Å². The number of aliphatic hydroxyl groups is 1. The summed E-state index contributed by atoms with van der Waals surface area (Å²) in [6.45, 7) is 3.17. The van der Waals surface area contributed by atoms with E-state index in [1.807, 2.05) is 0 Å². The summed E-state index contributed by atoms with van der Waals surface area (Å²) < 4.78 is 26.3. The SMILES string of the molecule is CC(O)CC(C)NS(=O)(=O)c1cccc([N+](=O)[O-])c1. The van der Waals surface area contributed by atoms with Crippen LogP contribution in [0.15, 0.2) is 29.2 Å². The Balaban J connectivity index is 2.94. The van der Waals surface area contributed by atoms with Crippen LogP contribution in [0, 0.1) is 10.1 Å². The molecule has 1 rings (SSSR count). The minimum Gasteiger partial charge on any atom is -0.393 e. The molecule has 1 aromatic carbocycles. The zero-order valence-electron chi connectivity index (χ0n) is 10.6. The van der Waals surface area contributed by atoms with Crippen molar-refractivity contribution in [1.82, 2.24) is 4.72 Å². The predicted octanol–water partition coefficient (Wildman–Crippen LogP) is 1.03. The van der Waals surface area contributed by atoms with Crippen molar-refractivity contribution in [2.75, 3.05) is 0 Å². The fraction of sp³-hybridized carbons (Fsp3) is 0.455. The van der Waals surface area contributed by atoms with Crippen LogP contribution in [0.5, 0.6) is 0 Å². The molecule has 8 heteroatoms. The van der Waals surface area contributed by atoms with Gasteiger partial charge in [-0.15, -0.1) is 0 Å². The third-order valence-corrected chi connectivity index (χ3v) is 3.98. The average Bonchev–Trinajstić information content (AvgIpc) is 2.27. The molecule has 19 heavy (non-hydrogen) atoms. The minimum absolute atomic E-state index is 0.167. The first-order valence-corrected chi connectivity index (χ1v) is 7.15. The summed E-state index contributed by atoms with van der Waals surface area (Å²) in [5.41, 5.74) is -0.286. The third-order valence-electron chi connectivity index (χ3n) is 2.39. The molecule has 0 saturated carbocycles. The number of aliphatic hydroxyl groups excluding tert-OH is 1. The number of hydrogen-bond donors (Lipinski definition) is 2. The smallest absolute Gasteiger partial charge is 0.270 e. The van der Waals surface area contributed by atoms with Crippen molar-refractivity contribution in [1.29, 1.82) is 0 Å². The van der Waals surface area contributed by atoms with Gasteiger partial charge in [0.05, 0.1) is 15.9 Å². The number of benzene rings is 1. The van der Waals surface area contributed by atoms with Crippen molar-refractivity contribution in [3.63, 3.8) is 0 Å². The van der Waals surface area contributed by atoms with E-state index < -0.39 is 27.1 Å². The largest absolute Gasteiger partial charge is 0.393 e. The first-order chi connectivity index (χ1) is 8.72. The summed E-state index contributed by atoms with van der Waals surface area (Å²) >= 11 is 0. The van der Waals surface area contributed by atoms with Gasteiger partial charge in [0.2, 0.25) is 10.0 Å². The molecule has 1 aromatic rings. The molecule has 0 aliphatic rings. The summed E-state index contributed by atoms with van der Waals surface area (Å²) in [6.07, 6.45) is -0.378. The van der Waals surface area contributed by atoms with E-state index >= 15 is 0 Å². The molecule has 0 saturated heterocycles. The highest BCUT2D eigenvalue weighted by Gasteiger charge is 2.20. The van der Waals surface area contributed by atoms with Crippen LogP contribution in [-0.2, 0) is 10.0 Å². The predicted molar refractivity (Wildman–Crippen MR) is 69.2 cm³/mol. The van der Waals surface area contributed by atoms with E-state index in [9.17, 15) is 23.6 Å². The van der Waals surface area contributed by atoms with Crippen molar-refractivity contribution in [2.45, 2.75) is 37.3 Å². The Labute approximate surface area is 111 Å². The molecule has 2 unspecified atom stereocenters. The first-order valence-electron chi connectivity index (χ1n) is 5.67. The van der Waals surface area contributed by atoms with E-state index in [0.29, 0.717) is 0 Å². The number of nitro groups is 1. The molecule has 0 radical (unpaired) electrons. The Kier molecular flexibility index (Phi) is 4.98. The molecule has 0 heterocycles.